The van der Waals surface area contributed by atoms with E-state index in [1.807, 2.05) is 0 Å². The zero-order valence-corrected chi connectivity index (χ0v) is 11.2. The van der Waals surface area contributed by atoms with Crippen LogP contribution < -0.4 is 5.32 Å². The fraction of sp³-hybridized carbons (Fsp3) is 0.0833. The van der Waals surface area contributed by atoms with Gasteiger partial charge in [-0.25, -0.2) is 9.37 Å². The summed E-state index contributed by atoms with van der Waals surface area (Å²) in [6, 6.07) is 6.97. The maximum Gasteiger partial charge on any atom is 0.274 e. The maximum absolute atomic E-state index is 13.1. The average molecular weight is 326 g/mol. The van der Waals surface area contributed by atoms with Gasteiger partial charge in [-0.1, -0.05) is 15.9 Å². The molecule has 0 fully saturated rings. The summed E-state index contributed by atoms with van der Waals surface area (Å²) in [5.41, 5.74) is 0.657. The fourth-order valence-corrected chi connectivity index (χ4v) is 1.88. The van der Waals surface area contributed by atoms with Crippen LogP contribution in [0.5, 0.6) is 0 Å². The molecular weight excluding hydrogens is 317 g/mol. The average Bonchev–Trinajstić information content (AvgIpc) is 2.40. The molecule has 1 aromatic carbocycles. The lowest BCUT2D eigenvalue weighted by Crippen LogP contribution is -2.03. The van der Waals surface area contributed by atoms with Crippen molar-refractivity contribution in [3.05, 3.63) is 62.5 Å². The number of nitrogens with one attached hydrogen (secondary N) is 1. The van der Waals surface area contributed by atoms with Gasteiger partial charge < -0.3 is 5.32 Å². The third-order valence-electron chi connectivity index (χ3n) is 2.42. The second kappa shape index (κ2) is 5.75. The Morgan fingerprint density at radius 2 is 2.16 bits per heavy atom. The zero-order valence-electron chi connectivity index (χ0n) is 9.64. The van der Waals surface area contributed by atoms with Gasteiger partial charge in [0, 0.05) is 23.3 Å². The summed E-state index contributed by atoms with van der Waals surface area (Å²) in [4.78, 5) is 14.1. The van der Waals surface area contributed by atoms with Crippen LogP contribution in [0.2, 0.25) is 0 Å². The molecule has 0 atom stereocenters. The van der Waals surface area contributed by atoms with E-state index in [0.29, 0.717) is 17.9 Å². The van der Waals surface area contributed by atoms with Crippen LogP contribution in [0.25, 0.3) is 0 Å². The van der Waals surface area contributed by atoms with Gasteiger partial charge in [0.2, 0.25) is 0 Å². The lowest BCUT2D eigenvalue weighted by Gasteiger charge is -2.07. The number of benzene rings is 1. The zero-order chi connectivity index (χ0) is 13.8. The van der Waals surface area contributed by atoms with Crippen molar-refractivity contribution in [3.63, 3.8) is 0 Å². The van der Waals surface area contributed by atoms with Gasteiger partial charge in [-0.3, -0.25) is 10.1 Å². The summed E-state index contributed by atoms with van der Waals surface area (Å²) in [7, 11) is 0. The van der Waals surface area contributed by atoms with Gasteiger partial charge in [0.1, 0.15) is 11.6 Å². The Morgan fingerprint density at radius 1 is 1.37 bits per heavy atom. The van der Waals surface area contributed by atoms with Crippen molar-refractivity contribution in [2.45, 2.75) is 6.54 Å². The van der Waals surface area contributed by atoms with Crippen LogP contribution in [0.1, 0.15) is 5.56 Å². The summed E-state index contributed by atoms with van der Waals surface area (Å²) >= 11 is 3.31. The first-order chi connectivity index (χ1) is 9.06. The van der Waals surface area contributed by atoms with Gasteiger partial charge in [0.15, 0.2) is 0 Å². The summed E-state index contributed by atoms with van der Waals surface area (Å²) in [6.07, 6.45) is 1.35. The fourth-order valence-electron chi connectivity index (χ4n) is 1.49. The molecule has 0 saturated carbocycles. The highest BCUT2D eigenvalue weighted by Crippen LogP contribution is 2.20. The Bertz CT molecular complexity index is 622. The minimum Gasteiger partial charge on any atom is -0.366 e. The number of hydrogen-bond donors (Lipinski definition) is 1. The maximum atomic E-state index is 13.1. The molecule has 0 aliphatic heterocycles. The van der Waals surface area contributed by atoms with Gasteiger partial charge in [-0.05, 0) is 23.8 Å². The van der Waals surface area contributed by atoms with Crippen molar-refractivity contribution in [3.8, 4) is 0 Å². The van der Waals surface area contributed by atoms with Gasteiger partial charge in [-0.15, -0.1) is 0 Å². The van der Waals surface area contributed by atoms with Crippen molar-refractivity contribution in [1.82, 2.24) is 4.98 Å². The van der Waals surface area contributed by atoms with Gasteiger partial charge in [0.25, 0.3) is 5.69 Å². The molecule has 0 spiro atoms. The van der Waals surface area contributed by atoms with Crippen LogP contribution in [0.3, 0.4) is 0 Å². The first-order valence-corrected chi connectivity index (χ1v) is 6.14. The monoisotopic (exact) mass is 325 g/mol. The third-order valence-corrected chi connectivity index (χ3v) is 3.20. The van der Waals surface area contributed by atoms with Crippen LogP contribution in [0.15, 0.2) is 41.0 Å². The SMILES string of the molecule is O=[N+]([O-])c1ccnc(NCc2cc(F)ccc2Br)c1. The highest BCUT2D eigenvalue weighted by Gasteiger charge is 2.07. The summed E-state index contributed by atoms with van der Waals surface area (Å²) in [5.74, 6) is 0.0253. The molecule has 0 amide bonds. The van der Waals surface area contributed by atoms with Gasteiger partial charge in [0.05, 0.1) is 11.0 Å². The molecule has 0 unspecified atom stereocenters. The molecule has 0 bridgehead atoms. The first kappa shape index (κ1) is 13.4. The van der Waals surface area contributed by atoms with Crippen molar-refractivity contribution in [2.75, 3.05) is 5.32 Å². The molecule has 0 radical (unpaired) electrons. The summed E-state index contributed by atoms with van der Waals surface area (Å²) in [5, 5.41) is 13.5. The molecule has 19 heavy (non-hydrogen) atoms. The van der Waals surface area contributed by atoms with Crippen molar-refractivity contribution in [1.29, 1.82) is 0 Å². The number of hydrogen-bond acceptors (Lipinski definition) is 4. The Balaban J connectivity index is 2.12. The molecule has 1 heterocycles. The molecule has 98 valence electrons. The number of pyridine rings is 1. The highest BCUT2D eigenvalue weighted by atomic mass is 79.9. The molecular formula is C12H9BrFN3O2. The normalized spacial score (nSPS) is 10.2. The van der Waals surface area contributed by atoms with E-state index in [1.165, 1.54) is 30.5 Å². The molecule has 0 aliphatic carbocycles. The summed E-state index contributed by atoms with van der Waals surface area (Å²) in [6.45, 7) is 0.312. The van der Waals surface area contributed by atoms with E-state index in [4.69, 9.17) is 0 Å². The lowest BCUT2D eigenvalue weighted by molar-refractivity contribution is -0.384. The Morgan fingerprint density at radius 3 is 2.89 bits per heavy atom. The lowest BCUT2D eigenvalue weighted by atomic mass is 10.2. The number of aromatic nitrogens is 1. The van der Waals surface area contributed by atoms with Crippen LogP contribution in [-0.4, -0.2) is 9.91 Å². The van der Waals surface area contributed by atoms with Crippen molar-refractivity contribution < 1.29 is 9.31 Å². The van der Waals surface area contributed by atoms with E-state index in [0.717, 1.165) is 4.47 Å². The molecule has 0 saturated heterocycles. The Kier molecular flexibility index (Phi) is 4.06. The second-order valence-electron chi connectivity index (χ2n) is 3.75. The summed E-state index contributed by atoms with van der Waals surface area (Å²) < 4.78 is 13.8. The molecule has 0 aliphatic rings. The second-order valence-corrected chi connectivity index (χ2v) is 4.60. The van der Waals surface area contributed by atoms with Gasteiger partial charge in [-0.2, -0.15) is 0 Å². The smallest absolute Gasteiger partial charge is 0.274 e. The molecule has 2 aromatic rings. The first-order valence-electron chi connectivity index (χ1n) is 5.34. The third kappa shape index (κ3) is 3.47. The molecule has 7 heteroatoms. The highest BCUT2D eigenvalue weighted by molar-refractivity contribution is 9.10. The van der Waals surface area contributed by atoms with E-state index >= 15 is 0 Å². The van der Waals surface area contributed by atoms with Crippen LogP contribution in [-0.2, 0) is 6.54 Å². The minimum absolute atomic E-state index is 0.0455. The predicted octanol–water partition coefficient (Wildman–Crippen LogP) is 3.50. The minimum atomic E-state index is -0.495. The van der Waals surface area contributed by atoms with E-state index in [9.17, 15) is 14.5 Å². The standard InChI is InChI=1S/C12H9BrFN3O2/c13-11-2-1-9(14)5-8(11)7-16-12-6-10(17(18)19)3-4-15-12/h1-6H,7H2,(H,15,16). The van der Waals surface area contributed by atoms with Crippen LogP contribution in [0, 0.1) is 15.9 Å². The van der Waals surface area contributed by atoms with E-state index in [1.54, 1.807) is 6.07 Å². The van der Waals surface area contributed by atoms with E-state index in [2.05, 4.69) is 26.2 Å². The molecule has 2 rings (SSSR count). The number of nitro groups is 1. The number of halogens is 2. The molecule has 5 nitrogen and oxygen atoms in total. The Hall–Kier alpha value is -2.02. The predicted molar refractivity (Wildman–Crippen MR) is 72.3 cm³/mol. The number of rotatable bonds is 4. The topological polar surface area (TPSA) is 68.1 Å². The molecule has 1 N–H and O–H groups in total. The largest absolute Gasteiger partial charge is 0.366 e. The quantitative estimate of drug-likeness (QED) is 0.690. The Labute approximate surface area is 116 Å². The van der Waals surface area contributed by atoms with Crippen LogP contribution >= 0.6 is 15.9 Å². The van der Waals surface area contributed by atoms with E-state index in [-0.39, 0.29) is 11.5 Å². The van der Waals surface area contributed by atoms with Crippen molar-refractivity contribution in [2.24, 2.45) is 0 Å². The molecule has 1 aromatic heterocycles. The van der Waals surface area contributed by atoms with E-state index < -0.39 is 4.92 Å². The number of anilines is 1. The van der Waals surface area contributed by atoms with Crippen molar-refractivity contribution >= 4 is 27.4 Å². The van der Waals surface area contributed by atoms with Crippen LogP contribution in [0.4, 0.5) is 15.9 Å². The number of nitrogens with zero attached hydrogens (tertiary/aromatic N) is 2. The van der Waals surface area contributed by atoms with Gasteiger partial charge >= 0.3 is 0 Å².